The lowest BCUT2D eigenvalue weighted by molar-refractivity contribution is -0.159. The molecule has 1 fully saturated rings. The predicted molar refractivity (Wildman–Crippen MR) is 105 cm³/mol. The molecule has 7 nitrogen and oxygen atoms in total. The Morgan fingerprint density at radius 1 is 0.897 bits per heavy atom. The Morgan fingerprint density at radius 3 is 1.90 bits per heavy atom. The van der Waals surface area contributed by atoms with E-state index in [9.17, 15) is 4.39 Å². The third-order valence-electron chi connectivity index (χ3n) is 4.51. The van der Waals surface area contributed by atoms with Gasteiger partial charge in [-0.15, -0.1) is 0 Å². The Hall–Kier alpha value is -2.97. The van der Waals surface area contributed by atoms with Gasteiger partial charge in [-0.3, -0.25) is 9.80 Å². The van der Waals surface area contributed by atoms with Crippen LogP contribution in [0.3, 0.4) is 0 Å². The molecular weight excluding hydrogens is 379 g/mol. The minimum atomic E-state index is -1.82. The van der Waals surface area contributed by atoms with Crippen LogP contribution in [0.25, 0.3) is 0 Å². The fourth-order valence-electron chi connectivity index (χ4n) is 2.98. The van der Waals surface area contributed by atoms with Crippen molar-refractivity contribution in [3.05, 3.63) is 65.5 Å². The Kier molecular flexibility index (Phi) is 8.57. The molecule has 1 aliphatic rings. The molecule has 29 heavy (non-hydrogen) atoms. The summed E-state index contributed by atoms with van der Waals surface area (Å²) in [6.07, 6.45) is 0. The highest BCUT2D eigenvalue weighted by atomic mass is 19.1. The monoisotopic (exact) mass is 404 g/mol. The van der Waals surface area contributed by atoms with Crippen LogP contribution in [0.5, 0.6) is 5.75 Å². The zero-order valence-corrected chi connectivity index (χ0v) is 16.3. The normalized spacial score (nSPS) is 14.6. The Balaban J connectivity index is 0.000000438. The molecule has 0 aromatic heterocycles. The number of methoxy groups -OCH3 is 1. The van der Waals surface area contributed by atoms with E-state index in [1.807, 2.05) is 24.3 Å². The topological polar surface area (TPSA) is 90.3 Å². The van der Waals surface area contributed by atoms with Gasteiger partial charge >= 0.3 is 11.9 Å². The lowest BCUT2D eigenvalue weighted by atomic mass is 10.1. The van der Waals surface area contributed by atoms with E-state index >= 15 is 0 Å². The number of aliphatic carboxylic acids is 2. The summed E-state index contributed by atoms with van der Waals surface area (Å²) in [4.78, 5) is 23.1. The molecule has 156 valence electrons. The van der Waals surface area contributed by atoms with Crippen LogP contribution in [-0.2, 0) is 22.7 Å². The van der Waals surface area contributed by atoms with Gasteiger partial charge in [0.05, 0.1) is 7.11 Å². The molecule has 1 heterocycles. The van der Waals surface area contributed by atoms with Crippen LogP contribution in [0.4, 0.5) is 4.39 Å². The molecule has 0 atom stereocenters. The molecule has 2 N–H and O–H groups in total. The maximum absolute atomic E-state index is 12.9. The zero-order valence-electron chi connectivity index (χ0n) is 16.3. The second-order valence-electron chi connectivity index (χ2n) is 6.64. The van der Waals surface area contributed by atoms with Gasteiger partial charge in [0.1, 0.15) is 11.6 Å². The third-order valence-corrected chi connectivity index (χ3v) is 4.51. The minimum Gasteiger partial charge on any atom is -0.497 e. The summed E-state index contributed by atoms with van der Waals surface area (Å²) in [6.45, 7) is 6.05. The van der Waals surface area contributed by atoms with Gasteiger partial charge in [0.15, 0.2) is 0 Å². The molecule has 8 heteroatoms. The summed E-state index contributed by atoms with van der Waals surface area (Å²) >= 11 is 0. The SMILES string of the molecule is COc1cccc(CN2CCN(Cc3ccc(F)cc3)CC2)c1.O=C(O)C(=O)O. The summed E-state index contributed by atoms with van der Waals surface area (Å²) < 4.78 is 18.2. The van der Waals surface area contributed by atoms with E-state index in [1.54, 1.807) is 7.11 Å². The largest absolute Gasteiger partial charge is 0.497 e. The molecule has 0 spiro atoms. The molecule has 2 aromatic carbocycles. The number of hydrogen-bond donors (Lipinski definition) is 2. The number of carboxylic acids is 2. The third kappa shape index (κ3) is 7.89. The number of carbonyl (C=O) groups is 2. The molecule has 0 bridgehead atoms. The van der Waals surface area contributed by atoms with Crippen LogP contribution in [0.1, 0.15) is 11.1 Å². The highest BCUT2D eigenvalue weighted by molar-refractivity contribution is 6.27. The zero-order chi connectivity index (χ0) is 21.2. The Bertz CT molecular complexity index is 793. The van der Waals surface area contributed by atoms with Crippen molar-refractivity contribution in [2.24, 2.45) is 0 Å². The molecule has 2 aromatic rings. The van der Waals surface area contributed by atoms with E-state index < -0.39 is 11.9 Å². The molecule has 0 unspecified atom stereocenters. The number of hydrogen-bond acceptors (Lipinski definition) is 5. The molecule has 1 aliphatic heterocycles. The summed E-state index contributed by atoms with van der Waals surface area (Å²) in [5.74, 6) is -2.90. The number of nitrogens with zero attached hydrogens (tertiary/aromatic N) is 2. The Morgan fingerprint density at radius 2 is 1.41 bits per heavy atom. The lowest BCUT2D eigenvalue weighted by Crippen LogP contribution is -2.45. The van der Waals surface area contributed by atoms with Crippen LogP contribution in [0.15, 0.2) is 48.5 Å². The number of rotatable bonds is 5. The number of carboxylic acid groups (broad SMARTS) is 2. The van der Waals surface area contributed by atoms with Crippen molar-refractivity contribution < 1.29 is 28.9 Å². The minimum absolute atomic E-state index is 0.170. The van der Waals surface area contributed by atoms with E-state index in [1.165, 1.54) is 23.3 Å². The highest BCUT2D eigenvalue weighted by Crippen LogP contribution is 2.16. The van der Waals surface area contributed by atoms with Gasteiger partial charge < -0.3 is 14.9 Å². The van der Waals surface area contributed by atoms with Gasteiger partial charge in [-0.25, -0.2) is 14.0 Å². The highest BCUT2D eigenvalue weighted by Gasteiger charge is 2.17. The van der Waals surface area contributed by atoms with Crippen LogP contribution < -0.4 is 4.74 Å². The molecule has 0 radical (unpaired) electrons. The second-order valence-corrected chi connectivity index (χ2v) is 6.64. The van der Waals surface area contributed by atoms with Crippen LogP contribution in [0, 0.1) is 5.82 Å². The van der Waals surface area contributed by atoms with E-state index in [-0.39, 0.29) is 5.82 Å². The lowest BCUT2D eigenvalue weighted by Gasteiger charge is -2.34. The van der Waals surface area contributed by atoms with Crippen LogP contribution in [0.2, 0.25) is 0 Å². The number of halogens is 1. The fraction of sp³-hybridized carbons (Fsp3) is 0.333. The molecular formula is C21H25FN2O5. The van der Waals surface area contributed by atoms with Crippen molar-refractivity contribution in [1.82, 2.24) is 9.80 Å². The van der Waals surface area contributed by atoms with Gasteiger partial charge in [0.2, 0.25) is 0 Å². The van der Waals surface area contributed by atoms with E-state index in [0.717, 1.165) is 45.0 Å². The van der Waals surface area contributed by atoms with Crippen molar-refractivity contribution in [1.29, 1.82) is 0 Å². The van der Waals surface area contributed by atoms with E-state index in [0.29, 0.717) is 0 Å². The van der Waals surface area contributed by atoms with Gasteiger partial charge in [0.25, 0.3) is 0 Å². The van der Waals surface area contributed by atoms with Crippen molar-refractivity contribution in [2.45, 2.75) is 13.1 Å². The molecule has 1 saturated heterocycles. The average Bonchev–Trinajstić information content (AvgIpc) is 2.72. The van der Waals surface area contributed by atoms with Gasteiger partial charge in [-0.05, 0) is 35.4 Å². The fourth-order valence-corrected chi connectivity index (χ4v) is 2.98. The van der Waals surface area contributed by atoms with Crippen LogP contribution >= 0.6 is 0 Å². The first-order valence-electron chi connectivity index (χ1n) is 9.15. The first-order chi connectivity index (χ1) is 13.9. The summed E-state index contributed by atoms with van der Waals surface area (Å²) in [5.41, 5.74) is 2.46. The predicted octanol–water partition coefficient (Wildman–Crippen LogP) is 2.31. The quantitative estimate of drug-likeness (QED) is 0.739. The van der Waals surface area contributed by atoms with Crippen molar-refractivity contribution >= 4 is 11.9 Å². The number of piperazine rings is 1. The van der Waals surface area contributed by atoms with Gasteiger partial charge in [0, 0.05) is 39.3 Å². The van der Waals surface area contributed by atoms with Crippen LogP contribution in [-0.4, -0.2) is 65.2 Å². The van der Waals surface area contributed by atoms with E-state index in [2.05, 4.69) is 21.9 Å². The number of benzene rings is 2. The molecule has 0 amide bonds. The van der Waals surface area contributed by atoms with E-state index in [4.69, 9.17) is 24.5 Å². The smallest absolute Gasteiger partial charge is 0.414 e. The summed E-state index contributed by atoms with van der Waals surface area (Å²) in [5, 5.41) is 14.8. The summed E-state index contributed by atoms with van der Waals surface area (Å²) in [7, 11) is 1.70. The Labute approximate surface area is 168 Å². The van der Waals surface area contributed by atoms with Crippen molar-refractivity contribution in [2.75, 3.05) is 33.3 Å². The first kappa shape index (κ1) is 22.3. The second kappa shape index (κ2) is 11.1. The maximum atomic E-state index is 12.9. The first-order valence-corrected chi connectivity index (χ1v) is 9.15. The van der Waals surface area contributed by atoms with Crippen molar-refractivity contribution in [3.63, 3.8) is 0 Å². The molecule has 0 aliphatic carbocycles. The van der Waals surface area contributed by atoms with Gasteiger partial charge in [-0.1, -0.05) is 24.3 Å². The number of ether oxygens (including phenoxy) is 1. The molecule has 3 rings (SSSR count). The standard InChI is InChI=1S/C19H23FN2O.C2H2O4/c1-23-19-4-2-3-17(13-19)15-22-11-9-21(10-12-22)14-16-5-7-18(20)8-6-16;3-1(4)2(5)6/h2-8,13H,9-12,14-15H2,1H3;(H,3,4)(H,5,6). The maximum Gasteiger partial charge on any atom is 0.414 e. The average molecular weight is 404 g/mol. The summed E-state index contributed by atoms with van der Waals surface area (Å²) in [6, 6.07) is 15.1. The van der Waals surface area contributed by atoms with Gasteiger partial charge in [-0.2, -0.15) is 0 Å². The molecule has 0 saturated carbocycles. The van der Waals surface area contributed by atoms with Crippen molar-refractivity contribution in [3.8, 4) is 5.75 Å².